The van der Waals surface area contributed by atoms with Crippen molar-refractivity contribution in [2.45, 2.75) is 168 Å². The first-order valence-electron chi connectivity index (χ1n) is 36.1. The van der Waals surface area contributed by atoms with Gasteiger partial charge in [0.15, 0.2) is 22.7 Å². The summed E-state index contributed by atoms with van der Waals surface area (Å²) in [5.41, 5.74) is 13.1. The van der Waals surface area contributed by atoms with Gasteiger partial charge in [0.2, 0.25) is 35.5 Å². The second kappa shape index (κ2) is 36.5. The Bertz CT molecular complexity index is 5000. The van der Waals surface area contributed by atoms with Crippen molar-refractivity contribution >= 4 is 141 Å². The number of rotatable bonds is 35. The Balaban J connectivity index is 0.766. The molecule has 7 heterocycles. The van der Waals surface area contributed by atoms with Gasteiger partial charge in [-0.3, -0.25) is 67.5 Å². The van der Waals surface area contributed by atoms with Gasteiger partial charge in [0.05, 0.1) is 54.4 Å². The van der Waals surface area contributed by atoms with Crippen LogP contribution in [0, 0.1) is 25.2 Å². The lowest BCUT2D eigenvalue weighted by atomic mass is 9.77. The summed E-state index contributed by atoms with van der Waals surface area (Å²) < 4.78 is 37.1. The van der Waals surface area contributed by atoms with E-state index in [0.29, 0.717) is 85.5 Å². The summed E-state index contributed by atoms with van der Waals surface area (Å²) in [5, 5.41) is 38.3. The van der Waals surface area contributed by atoms with Crippen LogP contribution in [0.3, 0.4) is 0 Å². The highest BCUT2D eigenvalue weighted by molar-refractivity contribution is 8.76. The van der Waals surface area contributed by atoms with Crippen LogP contribution in [0.25, 0.3) is 33.2 Å². The molecule has 0 saturated heterocycles. The second-order valence-corrected chi connectivity index (χ2v) is 32.9. The number of aromatic nitrogens is 8. The van der Waals surface area contributed by atoms with Gasteiger partial charge < -0.3 is 67.9 Å². The maximum absolute atomic E-state index is 14.6. The molecule has 0 radical (unpaired) electrons. The molecule has 0 spiro atoms. The van der Waals surface area contributed by atoms with Crippen LogP contribution >= 0.6 is 21.6 Å². The zero-order valence-corrected chi connectivity index (χ0v) is 65.4. The number of hydrogen-bond donors (Lipinski definition) is 14. The van der Waals surface area contributed by atoms with Gasteiger partial charge >= 0.3 is 17.9 Å². The molecule has 9 atom stereocenters. The van der Waals surface area contributed by atoms with E-state index >= 15 is 0 Å². The number of carbonyl (C=O) groups is 11. The molecule has 594 valence electrons. The van der Waals surface area contributed by atoms with Crippen molar-refractivity contribution in [1.82, 2.24) is 71.8 Å². The average molecular weight is 1590 g/mol. The summed E-state index contributed by atoms with van der Waals surface area (Å²) in [6.07, 6.45) is 1.22. The lowest BCUT2D eigenvalue weighted by Crippen LogP contribution is -2.54. The number of amides is 6. The lowest BCUT2D eigenvalue weighted by molar-refractivity contribution is -0.142. The van der Waals surface area contributed by atoms with E-state index in [4.69, 9.17) is 25.0 Å². The third-order valence-corrected chi connectivity index (χ3v) is 23.1. The number of hydrogen-bond acceptors (Lipinski definition) is 24. The first-order valence-corrected chi connectivity index (χ1v) is 40.2. The van der Waals surface area contributed by atoms with Crippen LogP contribution < -0.4 is 48.5 Å². The molecule has 9 rings (SSSR count). The number of nitrogens with zero attached hydrogens (tertiary/aromatic N) is 5. The molecule has 8 bridgehead atoms. The number of carboxylic acid groups (broad SMARTS) is 2. The lowest BCUT2D eigenvalue weighted by Gasteiger charge is -2.29. The largest absolute Gasteiger partial charge is 0.480 e. The first kappa shape index (κ1) is 84.4. The fourth-order valence-corrected chi connectivity index (χ4v) is 16.4. The van der Waals surface area contributed by atoms with Crippen LogP contribution in [0.1, 0.15) is 206 Å². The Labute approximate surface area is 645 Å². The summed E-state index contributed by atoms with van der Waals surface area (Å²) in [6.45, 7) is 17.0. The normalized spacial score (nSPS) is 17.0. The second-order valence-electron chi connectivity index (χ2n) is 28.7. The molecule has 1 aliphatic carbocycles. The van der Waals surface area contributed by atoms with Crippen LogP contribution in [0.4, 0.5) is 11.6 Å². The van der Waals surface area contributed by atoms with E-state index in [-0.39, 0.29) is 102 Å². The highest BCUT2D eigenvalue weighted by atomic mass is 33.1. The number of fused-ring (bicyclic) bond motifs is 9. The van der Waals surface area contributed by atoms with Crippen molar-refractivity contribution in [1.29, 1.82) is 0 Å². The number of carbonyl (C=O) groups excluding carboxylic acids is 9. The number of methoxy groups -OCH3 is 1. The molecule has 15 N–H and O–H groups in total. The number of Topliss-reactive ketones (excluding diaryl/α,β-unsaturated/α-hetero) is 2. The number of nitrogens with two attached hydrogens (primary N) is 1. The molecule has 2 aliphatic heterocycles. The van der Waals surface area contributed by atoms with Crippen molar-refractivity contribution in [3.63, 3.8) is 0 Å². The van der Waals surface area contributed by atoms with Gasteiger partial charge in [0, 0.05) is 130 Å². The number of anilines is 2. The van der Waals surface area contributed by atoms with Gasteiger partial charge in [-0.05, 0) is 112 Å². The number of aromatic amines is 3. The monoisotopic (exact) mass is 1590 g/mol. The molecule has 37 heteroatoms. The fraction of sp³-hybridized carbons (Fsp3) is 0.473. The van der Waals surface area contributed by atoms with Crippen LogP contribution in [0.2, 0.25) is 0 Å². The highest BCUT2D eigenvalue weighted by Crippen LogP contribution is 2.49. The number of carboxylic acids is 2. The van der Waals surface area contributed by atoms with Crippen molar-refractivity contribution in [3.8, 4) is 0 Å². The van der Waals surface area contributed by atoms with Crippen LogP contribution in [-0.2, 0) is 59.8 Å². The molecule has 6 amide bonds. The van der Waals surface area contributed by atoms with E-state index in [1.165, 1.54) is 55.3 Å². The number of nitrogen functional groups attached to an aromatic ring is 1. The Kier molecular flexibility index (Phi) is 27.7. The summed E-state index contributed by atoms with van der Waals surface area (Å²) in [7, 11) is -1.11. The van der Waals surface area contributed by atoms with E-state index < -0.39 is 136 Å². The van der Waals surface area contributed by atoms with Gasteiger partial charge in [0.1, 0.15) is 24.0 Å². The molecule has 0 saturated carbocycles. The SMILES string of the molecule is CC[C@H]1c2cc3[nH]c4c(c3C)C(=O)C(C(=O)OC)c4c3nc(cc4[nH]c(cc(n2)[C@@H]1C)c(C(C)=O)c4C)[C@@H](C)[C@@H]3CCC(=O)NCCCC(C(=O)NCCSSC[C@H](NC(=O)[C@H](CC(=O)NCCS(=O)(=O)O)NC(=O)CC[C@H](NC(=O)c1ccc(NCc2cnc3nc(N)[nH]c(=O)c3n2)cc1)C(=O)O)C(=O)O)C(C)(C)C. The molecule has 6 aromatic rings. The summed E-state index contributed by atoms with van der Waals surface area (Å²) >= 11 is 0. The first-order chi connectivity index (χ1) is 52.5. The number of aliphatic carboxylic acids is 2. The maximum atomic E-state index is 14.6. The van der Waals surface area contributed by atoms with Crippen LogP contribution in [-0.4, -0.2) is 190 Å². The molecule has 34 nitrogen and oxygen atoms in total. The van der Waals surface area contributed by atoms with Crippen LogP contribution in [0.15, 0.2) is 53.5 Å². The predicted octanol–water partition coefficient (Wildman–Crippen LogP) is 5.94. The number of aryl methyl sites for hydroxylation is 2. The van der Waals surface area contributed by atoms with Gasteiger partial charge in [0.25, 0.3) is 21.6 Å². The minimum absolute atomic E-state index is 0.00751. The van der Waals surface area contributed by atoms with Crippen molar-refractivity contribution < 1.29 is 80.7 Å². The molecular weight excluding hydrogens is 1500 g/mol. The molecule has 3 aliphatic rings. The quantitative estimate of drug-likeness (QED) is 0.00546. The topological polar surface area (TPSA) is 531 Å². The smallest absolute Gasteiger partial charge is 0.327 e. The zero-order chi connectivity index (χ0) is 81.1. The molecule has 1 aromatic carbocycles. The number of nitrogens with one attached hydrogen (secondary N) is 10. The molecular formula is C74H92N16O18S3. The Morgan fingerprint density at radius 2 is 1.39 bits per heavy atom. The van der Waals surface area contributed by atoms with E-state index in [2.05, 4.69) is 81.0 Å². The minimum Gasteiger partial charge on any atom is -0.480 e. The molecule has 111 heavy (non-hydrogen) atoms. The third kappa shape index (κ3) is 20.9. The molecule has 2 unspecified atom stereocenters. The number of benzene rings is 1. The summed E-state index contributed by atoms with van der Waals surface area (Å²) in [5.74, 6) is -12.5. The molecule has 0 fully saturated rings. The number of ether oxygens (including phenoxy) is 1. The van der Waals surface area contributed by atoms with Gasteiger partial charge in [-0.25, -0.2) is 19.6 Å². The minimum atomic E-state index is -4.53. The van der Waals surface area contributed by atoms with Crippen molar-refractivity contribution in [2.75, 3.05) is 55.1 Å². The number of esters is 1. The Morgan fingerprint density at radius 3 is 2.05 bits per heavy atom. The Hall–Kier alpha value is -10.7. The van der Waals surface area contributed by atoms with E-state index in [0.717, 1.165) is 28.6 Å². The van der Waals surface area contributed by atoms with Crippen LogP contribution in [0.5, 0.6) is 0 Å². The summed E-state index contributed by atoms with van der Waals surface area (Å²) in [6, 6.07) is 6.49. The van der Waals surface area contributed by atoms with Crippen molar-refractivity contribution in [2.24, 2.45) is 11.3 Å². The number of ketones is 2. The van der Waals surface area contributed by atoms with E-state index in [1.54, 1.807) is 0 Å². The fourth-order valence-electron chi connectivity index (χ4n) is 14.0. The van der Waals surface area contributed by atoms with E-state index in [9.17, 15) is 76.2 Å². The summed E-state index contributed by atoms with van der Waals surface area (Å²) in [4.78, 5) is 192. The maximum Gasteiger partial charge on any atom is 0.327 e. The highest BCUT2D eigenvalue weighted by Gasteiger charge is 2.46. The average Bonchev–Trinajstić information content (AvgIpc) is 1.56. The Morgan fingerprint density at radius 1 is 0.721 bits per heavy atom. The number of H-pyrrole nitrogens is 3. The third-order valence-electron chi connectivity index (χ3n) is 20.0. The van der Waals surface area contributed by atoms with E-state index in [1.807, 2.05) is 59.7 Å². The standard InChI is InChI=1S/C74H92N16O18S3/c1-11-42-34(2)46-29-51-57(38(6)91)36(4)48(83-51)27-47-35(3)43(61(85-47)59-60(72(104)108-10)64(95)58-37(5)49(86-62(58)59)28-50(42)82-46)18-20-54(92)76-22-12-13-44(74(7,8)9)67(97)78-23-25-109-110-33-53(71(102)103)88-68(98)52(30-56(94)77-24-26-111(105,106)107)84-55(93)21-19-45(70(100)101)87-66(96)39-14-16-40(17-15-39)79-31-41-32-80-65-63(81-41)69(99)90-73(75)89-65/h14-17,27-29,32,34-35,42-45,52-53,60,79,83,86H,11-13,18-26,30-31,33H2,1-10H3,(H,76,92)(H,77,94)(H,78,97)(H,84,93)(H,87,96)(H,88,98)(H,100,101)(H,102,103)(H,105,106,107)(H3,75,80,89,90,99)/t34-,35+,42-,43+,44?,45+,52+,53+,60?/m1/s1. The van der Waals surface area contributed by atoms with Gasteiger partial charge in [-0.2, -0.15) is 13.4 Å². The van der Waals surface area contributed by atoms with Crippen molar-refractivity contribution in [3.05, 3.63) is 121 Å². The zero-order valence-electron chi connectivity index (χ0n) is 62.9. The van der Waals surface area contributed by atoms with Gasteiger partial charge in [-0.1, -0.05) is 63.1 Å². The predicted molar refractivity (Wildman–Crippen MR) is 414 cm³/mol. The molecule has 5 aromatic heterocycles. The van der Waals surface area contributed by atoms with Gasteiger partial charge in [-0.15, -0.1) is 0 Å².